The van der Waals surface area contributed by atoms with E-state index < -0.39 is 17.8 Å². The van der Waals surface area contributed by atoms with E-state index >= 15 is 0 Å². The lowest BCUT2D eigenvalue weighted by atomic mass is 9.95. The number of ether oxygens (including phenoxy) is 2. The summed E-state index contributed by atoms with van der Waals surface area (Å²) in [5, 5.41) is 9.41. The topological polar surface area (TPSA) is 94.8 Å². The van der Waals surface area contributed by atoms with Gasteiger partial charge in [-0.2, -0.15) is 28.4 Å². The molecule has 3 atom stereocenters. The number of hydrogen-bond donors (Lipinski definition) is 0. The Labute approximate surface area is 237 Å². The monoisotopic (exact) mass is 570 g/mol. The van der Waals surface area contributed by atoms with Crippen LogP contribution in [0.5, 0.6) is 6.01 Å². The Kier molecular flexibility index (Phi) is 8.47. The van der Waals surface area contributed by atoms with E-state index in [0.29, 0.717) is 43.3 Å². The molecule has 2 fully saturated rings. The number of alkyl halides is 3. The number of anilines is 1. The number of piperazine rings is 1. The Morgan fingerprint density at radius 2 is 2.05 bits per heavy atom. The second-order valence-corrected chi connectivity index (χ2v) is 10.6. The summed E-state index contributed by atoms with van der Waals surface area (Å²) >= 11 is 0. The SMILES string of the molecule is C=CC(=O)N1CCN(c2nc(OC[C@@H]3CCCN3C)nc3c2CO[C@H](c2ccccc2C(F)(F)F)C3)C[C@@H]1CC#N. The number of nitriles is 1. The van der Waals surface area contributed by atoms with Crippen LogP contribution in [0, 0.1) is 11.3 Å². The number of amides is 1. The van der Waals surface area contributed by atoms with Gasteiger partial charge in [-0.3, -0.25) is 4.79 Å². The van der Waals surface area contributed by atoms with Gasteiger partial charge in [0.05, 0.1) is 42.5 Å². The zero-order valence-electron chi connectivity index (χ0n) is 22.9. The summed E-state index contributed by atoms with van der Waals surface area (Å²) in [6.07, 6.45) is -1.80. The Morgan fingerprint density at radius 1 is 1.24 bits per heavy atom. The van der Waals surface area contributed by atoms with E-state index in [9.17, 15) is 23.2 Å². The molecule has 2 saturated heterocycles. The third-order valence-electron chi connectivity index (χ3n) is 8.11. The van der Waals surface area contributed by atoms with Crippen molar-refractivity contribution in [2.45, 2.75) is 56.7 Å². The molecule has 3 aliphatic heterocycles. The standard InChI is InChI=1S/C29H33F3N6O3/c1-3-26(39)38-14-13-37(16-19(38)10-11-33)27-22-18-40-25(21-8-4-5-9-23(21)29(30,31)32)15-24(22)34-28(35-27)41-17-20-7-6-12-36(20)2/h3-5,8-9,19-20,25H,1,6-7,10,12-18H2,2H3/t19-,20-,25-/m0/s1. The van der Waals surface area contributed by atoms with Crippen LogP contribution in [-0.4, -0.2) is 77.6 Å². The minimum atomic E-state index is -4.52. The van der Waals surface area contributed by atoms with Crippen LogP contribution in [0.3, 0.4) is 0 Å². The highest BCUT2D eigenvalue weighted by molar-refractivity contribution is 5.87. The number of rotatable bonds is 7. The van der Waals surface area contributed by atoms with Crippen LogP contribution in [0.15, 0.2) is 36.9 Å². The van der Waals surface area contributed by atoms with Crippen molar-refractivity contribution in [3.63, 3.8) is 0 Å². The van der Waals surface area contributed by atoms with E-state index in [1.54, 1.807) is 11.0 Å². The van der Waals surface area contributed by atoms with Crippen molar-refractivity contribution in [1.29, 1.82) is 5.26 Å². The molecule has 2 aromatic rings. The van der Waals surface area contributed by atoms with E-state index in [-0.39, 0.29) is 49.0 Å². The number of halogens is 3. The number of carbonyl (C=O) groups is 1. The summed E-state index contributed by atoms with van der Waals surface area (Å²) in [5.74, 6) is 0.315. The summed E-state index contributed by atoms with van der Waals surface area (Å²) in [6.45, 7) is 6.12. The molecule has 0 radical (unpaired) electrons. The number of likely N-dealkylation sites (N-methyl/N-ethyl adjacent to an activating group) is 1. The van der Waals surface area contributed by atoms with Gasteiger partial charge in [-0.25, -0.2) is 0 Å². The fourth-order valence-electron chi connectivity index (χ4n) is 5.89. The van der Waals surface area contributed by atoms with Gasteiger partial charge in [-0.15, -0.1) is 0 Å². The molecule has 4 heterocycles. The molecule has 3 aliphatic rings. The molecular formula is C29H33F3N6O3. The predicted octanol–water partition coefficient (Wildman–Crippen LogP) is 3.90. The van der Waals surface area contributed by atoms with E-state index in [0.717, 1.165) is 25.5 Å². The quantitative estimate of drug-likeness (QED) is 0.463. The zero-order valence-corrected chi connectivity index (χ0v) is 22.9. The molecular weight excluding hydrogens is 537 g/mol. The van der Waals surface area contributed by atoms with Gasteiger partial charge < -0.3 is 24.2 Å². The average molecular weight is 571 g/mol. The van der Waals surface area contributed by atoms with Gasteiger partial charge in [0.25, 0.3) is 0 Å². The highest BCUT2D eigenvalue weighted by Gasteiger charge is 2.38. The van der Waals surface area contributed by atoms with Gasteiger partial charge in [-0.1, -0.05) is 24.8 Å². The number of likely N-dealkylation sites (tertiary alicyclic amines) is 1. The largest absolute Gasteiger partial charge is 0.462 e. The normalized spacial score (nSPS) is 23.1. The summed E-state index contributed by atoms with van der Waals surface area (Å²) in [6, 6.07) is 7.60. The lowest BCUT2D eigenvalue weighted by Crippen LogP contribution is -2.55. The van der Waals surface area contributed by atoms with Gasteiger partial charge in [0.1, 0.15) is 12.4 Å². The van der Waals surface area contributed by atoms with E-state index in [1.807, 2.05) is 11.9 Å². The van der Waals surface area contributed by atoms with Gasteiger partial charge in [0, 0.05) is 37.7 Å². The minimum absolute atomic E-state index is 0.0158. The third kappa shape index (κ3) is 6.16. The lowest BCUT2D eigenvalue weighted by molar-refractivity contribution is -0.139. The molecule has 218 valence electrons. The van der Waals surface area contributed by atoms with Gasteiger partial charge in [-0.05, 0) is 44.1 Å². The number of carbonyl (C=O) groups excluding carboxylic acids is 1. The fourth-order valence-corrected chi connectivity index (χ4v) is 5.89. The van der Waals surface area contributed by atoms with Crippen molar-refractivity contribution in [3.8, 4) is 12.1 Å². The molecule has 1 aromatic heterocycles. The molecule has 0 bridgehead atoms. The number of fused-ring (bicyclic) bond motifs is 1. The first-order valence-electron chi connectivity index (χ1n) is 13.7. The van der Waals surface area contributed by atoms with Crippen molar-refractivity contribution in [1.82, 2.24) is 19.8 Å². The zero-order chi connectivity index (χ0) is 29.1. The summed E-state index contributed by atoms with van der Waals surface area (Å²) in [5.41, 5.74) is 0.576. The maximum atomic E-state index is 13.8. The van der Waals surface area contributed by atoms with E-state index in [1.165, 1.54) is 18.2 Å². The fraction of sp³-hybridized carbons (Fsp3) is 0.517. The van der Waals surface area contributed by atoms with Gasteiger partial charge >= 0.3 is 12.2 Å². The van der Waals surface area contributed by atoms with Crippen molar-refractivity contribution < 1.29 is 27.4 Å². The summed E-state index contributed by atoms with van der Waals surface area (Å²) < 4.78 is 53.5. The van der Waals surface area contributed by atoms with Crippen molar-refractivity contribution in [3.05, 3.63) is 59.3 Å². The second kappa shape index (κ2) is 12.0. The molecule has 0 N–H and O–H groups in total. The molecule has 12 heteroatoms. The van der Waals surface area contributed by atoms with Crippen LogP contribution in [-0.2, 0) is 28.7 Å². The Morgan fingerprint density at radius 3 is 2.76 bits per heavy atom. The smallest absolute Gasteiger partial charge is 0.416 e. The summed E-state index contributed by atoms with van der Waals surface area (Å²) in [7, 11) is 2.04. The molecule has 0 aliphatic carbocycles. The van der Waals surface area contributed by atoms with Crippen LogP contribution in [0.1, 0.15) is 47.8 Å². The molecule has 9 nitrogen and oxygen atoms in total. The second-order valence-electron chi connectivity index (χ2n) is 10.6. The first kappa shape index (κ1) is 28.8. The Bertz CT molecular complexity index is 1330. The average Bonchev–Trinajstić information content (AvgIpc) is 3.39. The van der Waals surface area contributed by atoms with Gasteiger partial charge in [0.15, 0.2) is 0 Å². The molecule has 5 rings (SSSR count). The maximum absolute atomic E-state index is 13.8. The van der Waals surface area contributed by atoms with E-state index in [4.69, 9.17) is 14.5 Å². The minimum Gasteiger partial charge on any atom is -0.462 e. The third-order valence-corrected chi connectivity index (χ3v) is 8.11. The van der Waals surface area contributed by atoms with Crippen LogP contribution in [0.4, 0.5) is 19.0 Å². The van der Waals surface area contributed by atoms with E-state index in [2.05, 4.69) is 22.5 Å². The number of nitrogens with zero attached hydrogens (tertiary/aromatic N) is 6. The first-order valence-corrected chi connectivity index (χ1v) is 13.7. The van der Waals surface area contributed by atoms with Crippen molar-refractivity contribution in [2.24, 2.45) is 0 Å². The molecule has 0 spiro atoms. The van der Waals surface area contributed by atoms with Crippen molar-refractivity contribution >= 4 is 11.7 Å². The Hall–Kier alpha value is -3.69. The van der Waals surface area contributed by atoms with Crippen LogP contribution in [0.25, 0.3) is 0 Å². The van der Waals surface area contributed by atoms with Crippen molar-refractivity contribution in [2.75, 3.05) is 44.7 Å². The molecule has 41 heavy (non-hydrogen) atoms. The maximum Gasteiger partial charge on any atom is 0.416 e. The number of hydrogen-bond acceptors (Lipinski definition) is 8. The lowest BCUT2D eigenvalue weighted by Gasteiger charge is -2.42. The predicted molar refractivity (Wildman–Crippen MR) is 144 cm³/mol. The summed E-state index contributed by atoms with van der Waals surface area (Å²) in [4.78, 5) is 27.7. The highest BCUT2D eigenvalue weighted by atomic mass is 19.4. The Balaban J connectivity index is 1.47. The molecule has 1 aromatic carbocycles. The highest BCUT2D eigenvalue weighted by Crippen LogP contribution is 2.40. The first-order chi connectivity index (χ1) is 19.7. The van der Waals surface area contributed by atoms with Crippen LogP contribution in [0.2, 0.25) is 0 Å². The number of aromatic nitrogens is 2. The molecule has 0 unspecified atom stereocenters. The van der Waals surface area contributed by atoms with Crippen LogP contribution >= 0.6 is 0 Å². The van der Waals surface area contributed by atoms with Gasteiger partial charge in [0.2, 0.25) is 5.91 Å². The van der Waals surface area contributed by atoms with Crippen LogP contribution < -0.4 is 9.64 Å². The number of benzene rings is 1. The molecule has 0 saturated carbocycles. The molecule has 1 amide bonds.